The molecule has 1 rings (SSSR count). The largest absolute Gasteiger partial charge is 0.282 e. The molecule has 0 aromatic rings. The van der Waals surface area contributed by atoms with Gasteiger partial charge in [0.1, 0.15) is 0 Å². The van der Waals surface area contributed by atoms with E-state index in [1.165, 1.54) is 9.01 Å². The fraction of sp³-hybridized carbons (Fsp3) is 0.636. The normalized spacial score (nSPS) is 18.5. The molecule has 0 aromatic carbocycles. The van der Waals surface area contributed by atoms with Crippen molar-refractivity contribution in [1.82, 2.24) is 4.90 Å². The monoisotopic (exact) mass is 303 g/mol. The quantitative estimate of drug-likeness (QED) is 0.591. The Morgan fingerprint density at radius 3 is 2.25 bits per heavy atom. The maximum absolute atomic E-state index is 11.3. The van der Waals surface area contributed by atoms with Gasteiger partial charge in [0, 0.05) is 19.4 Å². The number of rotatable bonds is 4. The first-order valence-corrected chi connectivity index (χ1v) is 9.81. The van der Waals surface area contributed by atoms with E-state index in [0.29, 0.717) is 19.4 Å². The van der Waals surface area contributed by atoms with E-state index in [2.05, 4.69) is 41.6 Å². The summed E-state index contributed by atoms with van der Waals surface area (Å²) in [5.41, 5.74) is 0. The predicted molar refractivity (Wildman–Crippen MR) is 70.9 cm³/mol. The lowest BCUT2D eigenvalue weighted by molar-refractivity contribution is -0.138. The average molecular weight is 304 g/mol. The zero-order valence-electron chi connectivity index (χ0n) is 10.0. The summed E-state index contributed by atoms with van der Waals surface area (Å²) in [4.78, 5) is 24.1. The second kappa shape index (κ2) is 5.27. The zero-order chi connectivity index (χ0) is 12.3. The Balaban J connectivity index is 2.47. The van der Waals surface area contributed by atoms with Crippen LogP contribution in [0.3, 0.4) is 0 Å². The Morgan fingerprint density at radius 1 is 1.31 bits per heavy atom. The van der Waals surface area contributed by atoms with Gasteiger partial charge in [0.2, 0.25) is 11.8 Å². The highest BCUT2D eigenvalue weighted by Gasteiger charge is 2.27. The number of likely N-dealkylation sites (tertiary alicyclic amines) is 1. The summed E-state index contributed by atoms with van der Waals surface area (Å²) in [5, 5.41) is 0. The molecule has 5 heteroatoms. The van der Waals surface area contributed by atoms with Crippen molar-refractivity contribution in [1.29, 1.82) is 0 Å². The summed E-state index contributed by atoms with van der Waals surface area (Å²) in [6.07, 6.45) is 3.63. The highest BCUT2D eigenvalue weighted by atomic mass is 79.9. The number of hydrogen-bond donors (Lipinski definition) is 0. The van der Waals surface area contributed by atoms with E-state index in [1.54, 1.807) is 0 Å². The summed E-state index contributed by atoms with van der Waals surface area (Å²) in [6.45, 7) is 7.27. The SMILES string of the molecule is C[Si](C)(C)/C(Br)=C/CCN1C(=O)CCC1=O. The fourth-order valence-electron chi connectivity index (χ4n) is 1.50. The van der Waals surface area contributed by atoms with Crippen LogP contribution in [0.15, 0.2) is 10.2 Å². The van der Waals surface area contributed by atoms with Gasteiger partial charge in [-0.25, -0.2) is 0 Å². The van der Waals surface area contributed by atoms with Crippen LogP contribution >= 0.6 is 15.9 Å². The van der Waals surface area contributed by atoms with Crippen LogP contribution in [-0.2, 0) is 9.59 Å². The first kappa shape index (κ1) is 13.6. The van der Waals surface area contributed by atoms with Crippen molar-refractivity contribution in [3.8, 4) is 0 Å². The van der Waals surface area contributed by atoms with Crippen molar-refractivity contribution in [2.45, 2.75) is 38.9 Å². The lowest BCUT2D eigenvalue weighted by atomic mass is 10.4. The Labute approximate surface area is 106 Å². The van der Waals surface area contributed by atoms with Gasteiger partial charge in [0.15, 0.2) is 0 Å². The fourth-order valence-corrected chi connectivity index (χ4v) is 2.48. The van der Waals surface area contributed by atoms with Crippen molar-refractivity contribution in [3.05, 3.63) is 10.2 Å². The molecular weight excluding hydrogens is 286 g/mol. The van der Waals surface area contributed by atoms with E-state index in [0.717, 1.165) is 6.42 Å². The molecule has 90 valence electrons. The molecule has 1 heterocycles. The molecule has 0 aliphatic carbocycles. The van der Waals surface area contributed by atoms with E-state index in [-0.39, 0.29) is 11.8 Å². The smallest absolute Gasteiger partial charge is 0.229 e. The molecular formula is C11H18BrNO2Si. The minimum atomic E-state index is -1.28. The molecule has 0 saturated carbocycles. The number of carbonyl (C=O) groups excluding carboxylic acids is 2. The van der Waals surface area contributed by atoms with Gasteiger partial charge in [-0.2, -0.15) is 0 Å². The Morgan fingerprint density at radius 2 is 1.81 bits per heavy atom. The molecule has 3 nitrogen and oxygen atoms in total. The molecule has 0 radical (unpaired) electrons. The number of carbonyl (C=O) groups is 2. The molecule has 0 aromatic heterocycles. The van der Waals surface area contributed by atoms with Crippen molar-refractivity contribution in [2.75, 3.05) is 6.54 Å². The van der Waals surface area contributed by atoms with E-state index in [4.69, 9.17) is 0 Å². The molecule has 0 atom stereocenters. The zero-order valence-corrected chi connectivity index (χ0v) is 12.6. The Bertz CT molecular complexity index is 317. The second-order valence-electron chi connectivity index (χ2n) is 5.03. The highest BCUT2D eigenvalue weighted by molar-refractivity contribution is 9.12. The third-order valence-electron chi connectivity index (χ3n) is 2.55. The average Bonchev–Trinajstić information content (AvgIpc) is 2.47. The summed E-state index contributed by atoms with van der Waals surface area (Å²) < 4.78 is 1.25. The maximum Gasteiger partial charge on any atom is 0.229 e. The molecule has 0 unspecified atom stereocenters. The third-order valence-corrected chi connectivity index (χ3v) is 8.08. The van der Waals surface area contributed by atoms with E-state index in [9.17, 15) is 9.59 Å². The molecule has 1 saturated heterocycles. The molecule has 1 fully saturated rings. The number of amides is 2. The lowest BCUT2D eigenvalue weighted by Crippen LogP contribution is -2.30. The minimum absolute atomic E-state index is 0.0254. The lowest BCUT2D eigenvalue weighted by Gasteiger charge is -2.16. The van der Waals surface area contributed by atoms with Gasteiger partial charge < -0.3 is 0 Å². The first-order chi connectivity index (χ1) is 7.32. The van der Waals surface area contributed by atoms with Crippen LogP contribution in [0.1, 0.15) is 19.3 Å². The molecule has 0 N–H and O–H groups in total. The predicted octanol–water partition coefficient (Wildman–Crippen LogP) is 2.68. The van der Waals surface area contributed by atoms with Gasteiger partial charge in [-0.3, -0.25) is 14.5 Å². The molecule has 0 spiro atoms. The van der Waals surface area contributed by atoms with E-state index in [1.807, 2.05) is 0 Å². The topological polar surface area (TPSA) is 37.4 Å². The number of hydrogen-bond acceptors (Lipinski definition) is 2. The van der Waals surface area contributed by atoms with Crippen molar-refractivity contribution in [2.24, 2.45) is 0 Å². The van der Waals surface area contributed by atoms with Crippen molar-refractivity contribution in [3.63, 3.8) is 0 Å². The van der Waals surface area contributed by atoms with Gasteiger partial charge in [-0.1, -0.05) is 41.6 Å². The maximum atomic E-state index is 11.3. The summed E-state index contributed by atoms with van der Waals surface area (Å²) >= 11 is 3.57. The van der Waals surface area contributed by atoms with Gasteiger partial charge >= 0.3 is 0 Å². The number of imide groups is 1. The first-order valence-electron chi connectivity index (χ1n) is 5.51. The molecule has 1 aliphatic heterocycles. The van der Waals surface area contributed by atoms with Crippen LogP contribution in [0.4, 0.5) is 0 Å². The van der Waals surface area contributed by atoms with Crippen LogP contribution in [0, 0.1) is 0 Å². The van der Waals surface area contributed by atoms with Gasteiger partial charge in [0.25, 0.3) is 0 Å². The molecule has 16 heavy (non-hydrogen) atoms. The van der Waals surface area contributed by atoms with Gasteiger partial charge in [-0.05, 0) is 10.5 Å². The Kier molecular flexibility index (Phi) is 4.49. The standard InChI is InChI=1S/C11H18BrNO2Si/c1-16(2,3)9(12)5-4-8-13-10(14)6-7-11(13)15/h5H,4,6-8H2,1-3H3/b9-5+. The minimum Gasteiger partial charge on any atom is -0.282 e. The Hall–Kier alpha value is -0.423. The van der Waals surface area contributed by atoms with Crippen LogP contribution in [0.2, 0.25) is 19.6 Å². The van der Waals surface area contributed by atoms with E-state index < -0.39 is 8.07 Å². The van der Waals surface area contributed by atoms with Crippen molar-refractivity contribution < 1.29 is 9.59 Å². The van der Waals surface area contributed by atoms with Crippen LogP contribution in [0.5, 0.6) is 0 Å². The summed E-state index contributed by atoms with van der Waals surface area (Å²) in [5.74, 6) is -0.0509. The van der Waals surface area contributed by atoms with Crippen LogP contribution in [0.25, 0.3) is 0 Å². The highest BCUT2D eigenvalue weighted by Crippen LogP contribution is 2.21. The number of nitrogens with zero attached hydrogens (tertiary/aromatic N) is 1. The van der Waals surface area contributed by atoms with Gasteiger partial charge in [-0.15, -0.1) is 0 Å². The number of halogens is 1. The van der Waals surface area contributed by atoms with Gasteiger partial charge in [0.05, 0.1) is 8.07 Å². The summed E-state index contributed by atoms with van der Waals surface area (Å²) in [6, 6.07) is 0. The van der Waals surface area contributed by atoms with Crippen molar-refractivity contribution >= 4 is 35.8 Å². The summed E-state index contributed by atoms with van der Waals surface area (Å²) in [7, 11) is -1.28. The molecule has 0 bridgehead atoms. The van der Waals surface area contributed by atoms with Crippen LogP contribution in [-0.4, -0.2) is 31.3 Å². The molecule has 2 amide bonds. The van der Waals surface area contributed by atoms with E-state index >= 15 is 0 Å². The third kappa shape index (κ3) is 3.56. The second-order valence-corrected chi connectivity index (χ2v) is 11.7. The van der Waals surface area contributed by atoms with Crippen LogP contribution < -0.4 is 0 Å². The molecule has 1 aliphatic rings.